The molecule has 1 aliphatic rings. The van der Waals surface area contributed by atoms with E-state index in [-0.39, 0.29) is 5.92 Å². The van der Waals surface area contributed by atoms with E-state index in [0.717, 1.165) is 24.2 Å². The summed E-state index contributed by atoms with van der Waals surface area (Å²) in [6, 6.07) is -0.471. The van der Waals surface area contributed by atoms with E-state index in [0.29, 0.717) is 11.6 Å². The lowest BCUT2D eigenvalue weighted by molar-refractivity contribution is -0.140. The molecule has 17 heavy (non-hydrogen) atoms. The van der Waals surface area contributed by atoms with Gasteiger partial charge >= 0.3 is 5.97 Å². The van der Waals surface area contributed by atoms with Gasteiger partial charge in [-0.3, -0.25) is 14.8 Å². The molecule has 6 heteroatoms. The molecular formula is C11H16ClN3O2. The minimum Gasteiger partial charge on any atom is -0.480 e. The third-order valence-corrected chi connectivity index (χ3v) is 3.60. The zero-order valence-corrected chi connectivity index (χ0v) is 10.7. The number of aromatic nitrogens is 2. The molecule has 2 N–H and O–H groups in total. The molecule has 0 aromatic carbocycles. The van der Waals surface area contributed by atoms with Crippen LogP contribution in [0, 0.1) is 12.8 Å². The first-order valence-corrected chi connectivity index (χ1v) is 6.02. The van der Waals surface area contributed by atoms with Gasteiger partial charge in [0, 0.05) is 13.6 Å². The van der Waals surface area contributed by atoms with Crippen LogP contribution in [0.1, 0.15) is 24.2 Å². The second kappa shape index (κ2) is 4.66. The summed E-state index contributed by atoms with van der Waals surface area (Å²) in [5.41, 5.74) is 1.60. The molecule has 1 aliphatic carbocycles. The van der Waals surface area contributed by atoms with Crippen molar-refractivity contribution in [2.75, 3.05) is 0 Å². The SMILES string of the molecule is Cc1nn(C)c(CNC(C(=O)O)C2CC2)c1Cl. The fourth-order valence-electron chi connectivity index (χ4n) is 1.96. The number of nitrogens with one attached hydrogen (secondary N) is 1. The lowest BCUT2D eigenvalue weighted by Gasteiger charge is -2.13. The first-order chi connectivity index (χ1) is 8.00. The van der Waals surface area contributed by atoms with E-state index in [4.69, 9.17) is 16.7 Å². The monoisotopic (exact) mass is 257 g/mol. The number of aliphatic carboxylic acids is 1. The van der Waals surface area contributed by atoms with Crippen LogP contribution in [-0.2, 0) is 18.4 Å². The largest absolute Gasteiger partial charge is 0.480 e. The fourth-order valence-corrected chi connectivity index (χ4v) is 2.19. The maximum Gasteiger partial charge on any atom is 0.320 e. The number of carboxylic acid groups (broad SMARTS) is 1. The van der Waals surface area contributed by atoms with Crippen molar-refractivity contribution >= 4 is 17.6 Å². The second-order valence-corrected chi connectivity index (χ2v) is 4.88. The topological polar surface area (TPSA) is 67.2 Å². The molecule has 0 bridgehead atoms. The molecule has 0 saturated heterocycles. The number of hydrogen-bond donors (Lipinski definition) is 2. The number of nitrogens with zero attached hydrogens (tertiary/aromatic N) is 2. The second-order valence-electron chi connectivity index (χ2n) is 4.50. The molecule has 1 fully saturated rings. The lowest BCUT2D eigenvalue weighted by Crippen LogP contribution is -2.38. The highest BCUT2D eigenvalue weighted by Crippen LogP contribution is 2.33. The highest BCUT2D eigenvalue weighted by atomic mass is 35.5. The van der Waals surface area contributed by atoms with Gasteiger partial charge < -0.3 is 5.11 Å². The Kier molecular flexibility index (Phi) is 3.40. The molecule has 2 rings (SSSR count). The number of aryl methyl sites for hydroxylation is 2. The number of rotatable bonds is 5. The van der Waals surface area contributed by atoms with Crippen molar-refractivity contribution in [2.45, 2.75) is 32.4 Å². The smallest absolute Gasteiger partial charge is 0.320 e. The van der Waals surface area contributed by atoms with Gasteiger partial charge in [0.1, 0.15) is 6.04 Å². The first-order valence-electron chi connectivity index (χ1n) is 5.65. The summed E-state index contributed by atoms with van der Waals surface area (Å²) in [6.45, 7) is 2.27. The number of carbonyl (C=O) groups is 1. The maximum atomic E-state index is 11.1. The molecule has 1 atom stereocenters. The summed E-state index contributed by atoms with van der Waals surface area (Å²) in [5.74, 6) is -0.525. The van der Waals surface area contributed by atoms with Crippen LogP contribution < -0.4 is 5.32 Å². The fraction of sp³-hybridized carbons (Fsp3) is 0.636. The third-order valence-electron chi connectivity index (χ3n) is 3.11. The van der Waals surface area contributed by atoms with Gasteiger partial charge in [0.25, 0.3) is 0 Å². The number of hydrogen-bond acceptors (Lipinski definition) is 3. The Morgan fingerprint density at radius 2 is 2.35 bits per heavy atom. The molecule has 0 amide bonds. The predicted octanol–water partition coefficient (Wildman–Crippen LogP) is 1.33. The molecule has 1 aromatic heterocycles. The van der Waals surface area contributed by atoms with Gasteiger partial charge in [-0.15, -0.1) is 0 Å². The van der Waals surface area contributed by atoms with E-state index in [1.54, 1.807) is 4.68 Å². The van der Waals surface area contributed by atoms with Crippen LogP contribution >= 0.6 is 11.6 Å². The molecule has 0 aliphatic heterocycles. The molecule has 94 valence electrons. The van der Waals surface area contributed by atoms with Gasteiger partial charge in [0.2, 0.25) is 0 Å². The summed E-state index contributed by atoms with van der Waals surface area (Å²) < 4.78 is 1.69. The Morgan fingerprint density at radius 1 is 1.71 bits per heavy atom. The van der Waals surface area contributed by atoms with Gasteiger partial charge in [-0.2, -0.15) is 5.10 Å². The quantitative estimate of drug-likeness (QED) is 0.835. The zero-order chi connectivity index (χ0) is 12.6. The van der Waals surface area contributed by atoms with Crippen molar-refractivity contribution in [3.63, 3.8) is 0 Å². The average Bonchev–Trinajstić information content (AvgIpc) is 3.02. The van der Waals surface area contributed by atoms with Crippen molar-refractivity contribution in [1.29, 1.82) is 0 Å². The van der Waals surface area contributed by atoms with Gasteiger partial charge in [0.05, 0.1) is 16.4 Å². The van der Waals surface area contributed by atoms with Crippen molar-refractivity contribution in [3.8, 4) is 0 Å². The predicted molar refractivity (Wildman–Crippen MR) is 63.9 cm³/mol. The number of halogens is 1. The zero-order valence-electron chi connectivity index (χ0n) is 9.90. The molecule has 1 unspecified atom stereocenters. The molecule has 0 spiro atoms. The van der Waals surface area contributed by atoms with Crippen LogP contribution in [0.5, 0.6) is 0 Å². The van der Waals surface area contributed by atoms with Crippen molar-refractivity contribution < 1.29 is 9.90 Å². The highest BCUT2D eigenvalue weighted by Gasteiger charge is 2.36. The van der Waals surface area contributed by atoms with E-state index < -0.39 is 12.0 Å². The van der Waals surface area contributed by atoms with Gasteiger partial charge in [-0.1, -0.05) is 11.6 Å². The van der Waals surface area contributed by atoms with Crippen LogP contribution in [0.4, 0.5) is 0 Å². The van der Waals surface area contributed by atoms with Crippen LogP contribution in [-0.4, -0.2) is 26.9 Å². The Balaban J connectivity index is 2.03. The molecule has 1 saturated carbocycles. The van der Waals surface area contributed by atoms with Gasteiger partial charge in [-0.25, -0.2) is 0 Å². The first kappa shape index (κ1) is 12.4. The number of carboxylic acids is 1. The summed E-state index contributed by atoms with van der Waals surface area (Å²) in [5, 5.41) is 16.9. The van der Waals surface area contributed by atoms with E-state index in [1.807, 2.05) is 14.0 Å². The summed E-state index contributed by atoms with van der Waals surface area (Å²) >= 11 is 6.10. The lowest BCUT2D eigenvalue weighted by atomic mass is 10.2. The molecular weight excluding hydrogens is 242 g/mol. The Labute approximate surface area is 105 Å². The Bertz CT molecular complexity index is 440. The van der Waals surface area contributed by atoms with Crippen molar-refractivity contribution in [3.05, 3.63) is 16.4 Å². The Hall–Kier alpha value is -1.07. The van der Waals surface area contributed by atoms with E-state index in [2.05, 4.69) is 10.4 Å². The molecule has 0 radical (unpaired) electrons. The minimum atomic E-state index is -0.789. The summed E-state index contributed by atoms with van der Waals surface area (Å²) in [6.07, 6.45) is 1.98. The molecule has 1 aromatic rings. The van der Waals surface area contributed by atoms with E-state index >= 15 is 0 Å². The summed E-state index contributed by atoms with van der Waals surface area (Å²) in [4.78, 5) is 11.1. The molecule has 1 heterocycles. The van der Waals surface area contributed by atoms with Crippen molar-refractivity contribution in [2.24, 2.45) is 13.0 Å². The third kappa shape index (κ3) is 2.61. The normalized spacial score (nSPS) is 17.1. The minimum absolute atomic E-state index is 0.264. The van der Waals surface area contributed by atoms with E-state index in [9.17, 15) is 4.79 Å². The Morgan fingerprint density at radius 3 is 2.76 bits per heavy atom. The van der Waals surface area contributed by atoms with Crippen LogP contribution in [0.3, 0.4) is 0 Å². The summed E-state index contributed by atoms with van der Waals surface area (Å²) in [7, 11) is 1.81. The average molecular weight is 258 g/mol. The maximum absolute atomic E-state index is 11.1. The molecule has 5 nitrogen and oxygen atoms in total. The van der Waals surface area contributed by atoms with Crippen LogP contribution in [0.2, 0.25) is 5.02 Å². The standard InChI is InChI=1S/C11H16ClN3O2/c1-6-9(12)8(15(2)14-6)5-13-10(11(16)17)7-3-4-7/h7,10,13H,3-5H2,1-2H3,(H,16,17). The van der Waals surface area contributed by atoms with E-state index in [1.165, 1.54) is 0 Å². The van der Waals surface area contributed by atoms with Crippen LogP contribution in [0.25, 0.3) is 0 Å². The van der Waals surface area contributed by atoms with Crippen LogP contribution in [0.15, 0.2) is 0 Å². The van der Waals surface area contributed by atoms with Gasteiger partial charge in [-0.05, 0) is 25.7 Å². The van der Waals surface area contributed by atoms with Crippen molar-refractivity contribution in [1.82, 2.24) is 15.1 Å². The van der Waals surface area contributed by atoms with Gasteiger partial charge in [0.15, 0.2) is 0 Å². The highest BCUT2D eigenvalue weighted by molar-refractivity contribution is 6.31.